The number of hydrogen-bond donors (Lipinski definition) is 1. The highest BCUT2D eigenvalue weighted by Gasteiger charge is 2.17. The molecule has 0 saturated carbocycles. The molecule has 1 N–H and O–H groups in total. The van der Waals surface area contributed by atoms with E-state index >= 15 is 0 Å². The molecule has 0 unspecified atom stereocenters. The van der Waals surface area contributed by atoms with Gasteiger partial charge in [0.2, 0.25) is 0 Å². The number of thiazole rings is 1. The Morgan fingerprint density at radius 3 is 2.74 bits per heavy atom. The van der Waals surface area contributed by atoms with Gasteiger partial charge < -0.3 is 15.1 Å². The van der Waals surface area contributed by atoms with Crippen molar-refractivity contribution in [2.24, 2.45) is 0 Å². The van der Waals surface area contributed by atoms with Gasteiger partial charge in [-0.25, -0.2) is 4.98 Å². The molecule has 100 valence electrons. The summed E-state index contributed by atoms with van der Waals surface area (Å²) in [7, 11) is 2.14. The quantitative estimate of drug-likeness (QED) is 0.815. The van der Waals surface area contributed by atoms with Crippen LogP contribution in [0.1, 0.15) is 0 Å². The number of nitrogens with one attached hydrogen (secondary N) is 1. The molecule has 1 aliphatic heterocycles. The van der Waals surface area contributed by atoms with Crippen molar-refractivity contribution in [1.82, 2.24) is 14.8 Å². The van der Waals surface area contributed by atoms with Gasteiger partial charge in [-0.3, -0.25) is 0 Å². The summed E-state index contributed by atoms with van der Waals surface area (Å²) < 4.78 is 1.19. The van der Waals surface area contributed by atoms with Crippen LogP contribution in [0, 0.1) is 0 Å². The Hall–Kier alpha value is -1.24. The lowest BCUT2D eigenvalue weighted by atomic mass is 10.3. The van der Waals surface area contributed by atoms with Crippen molar-refractivity contribution in [3.05, 3.63) is 24.3 Å². The van der Waals surface area contributed by atoms with Crippen molar-refractivity contribution in [2.75, 3.05) is 38.5 Å². The van der Waals surface area contributed by atoms with Crippen molar-refractivity contribution >= 4 is 44.0 Å². The van der Waals surface area contributed by atoms with Gasteiger partial charge in [-0.1, -0.05) is 23.5 Å². The van der Waals surface area contributed by atoms with Gasteiger partial charge in [0.05, 0.1) is 10.2 Å². The van der Waals surface area contributed by atoms with Crippen LogP contribution < -0.4 is 5.32 Å². The van der Waals surface area contributed by atoms with E-state index in [0.29, 0.717) is 0 Å². The Bertz CT molecular complexity index is 554. The molecule has 0 atom stereocenters. The zero-order valence-electron chi connectivity index (χ0n) is 10.8. The largest absolute Gasteiger partial charge is 0.346 e. The molecule has 1 aromatic carbocycles. The fourth-order valence-corrected chi connectivity index (χ4v) is 3.31. The van der Waals surface area contributed by atoms with E-state index in [1.54, 1.807) is 11.3 Å². The average Bonchev–Trinajstić information content (AvgIpc) is 2.81. The highest BCUT2D eigenvalue weighted by Crippen LogP contribution is 2.25. The van der Waals surface area contributed by atoms with E-state index in [2.05, 4.69) is 33.2 Å². The first kappa shape index (κ1) is 12.8. The lowest BCUT2D eigenvalue weighted by molar-refractivity contribution is 0.217. The third-order valence-electron chi connectivity index (χ3n) is 3.30. The van der Waals surface area contributed by atoms with E-state index in [4.69, 9.17) is 12.2 Å². The molecule has 0 radical (unpaired) electrons. The van der Waals surface area contributed by atoms with Crippen LogP contribution >= 0.6 is 23.6 Å². The number of piperazine rings is 1. The number of thiocarbonyl (C=S) groups is 1. The smallest absolute Gasteiger partial charge is 0.190 e. The molecule has 19 heavy (non-hydrogen) atoms. The Morgan fingerprint density at radius 2 is 2.00 bits per heavy atom. The molecule has 0 aliphatic carbocycles. The van der Waals surface area contributed by atoms with Crippen LogP contribution in [0.25, 0.3) is 10.2 Å². The second kappa shape index (κ2) is 5.40. The summed E-state index contributed by atoms with van der Waals surface area (Å²) in [5, 5.41) is 4.93. The molecule has 3 rings (SSSR count). The van der Waals surface area contributed by atoms with Crippen LogP contribution in [0.15, 0.2) is 24.3 Å². The molecule has 1 aliphatic rings. The molecule has 1 fully saturated rings. The van der Waals surface area contributed by atoms with Gasteiger partial charge in [-0.15, -0.1) is 0 Å². The maximum Gasteiger partial charge on any atom is 0.190 e. The van der Waals surface area contributed by atoms with Crippen molar-refractivity contribution in [3.63, 3.8) is 0 Å². The zero-order valence-corrected chi connectivity index (χ0v) is 12.4. The van der Waals surface area contributed by atoms with Gasteiger partial charge >= 0.3 is 0 Å². The lowest BCUT2D eigenvalue weighted by Gasteiger charge is -2.33. The van der Waals surface area contributed by atoms with Gasteiger partial charge in [0.1, 0.15) is 0 Å². The monoisotopic (exact) mass is 292 g/mol. The van der Waals surface area contributed by atoms with Crippen molar-refractivity contribution in [2.45, 2.75) is 0 Å². The Labute approximate surface area is 122 Å². The third-order valence-corrected chi connectivity index (χ3v) is 4.61. The van der Waals surface area contributed by atoms with Crippen LogP contribution in [-0.4, -0.2) is 53.1 Å². The summed E-state index contributed by atoms with van der Waals surface area (Å²) >= 11 is 7.11. The number of likely N-dealkylation sites (N-methyl/N-ethyl adjacent to an activating group) is 1. The maximum atomic E-state index is 5.46. The fourth-order valence-electron chi connectivity index (χ4n) is 2.11. The van der Waals surface area contributed by atoms with Crippen LogP contribution in [-0.2, 0) is 0 Å². The summed E-state index contributed by atoms with van der Waals surface area (Å²) in [5.41, 5.74) is 1.02. The van der Waals surface area contributed by atoms with Crippen molar-refractivity contribution in [3.8, 4) is 0 Å². The summed E-state index contributed by atoms with van der Waals surface area (Å²) in [6, 6.07) is 8.14. The highest BCUT2D eigenvalue weighted by atomic mass is 32.1. The minimum atomic E-state index is 0.784. The minimum Gasteiger partial charge on any atom is -0.346 e. The van der Waals surface area contributed by atoms with E-state index in [1.807, 2.05) is 18.2 Å². The molecule has 2 aromatic rings. The standard InChI is InChI=1S/C13H16N4S2/c1-16-6-8-17(9-7-16)13(18)15-12-14-10-4-2-3-5-11(10)19-12/h2-5H,6-9H2,1H3,(H,14,15,18). The minimum absolute atomic E-state index is 0.784. The molecule has 0 amide bonds. The van der Waals surface area contributed by atoms with Gasteiger partial charge in [-0.05, 0) is 31.4 Å². The first-order valence-electron chi connectivity index (χ1n) is 6.32. The second-order valence-electron chi connectivity index (χ2n) is 4.71. The molecule has 0 spiro atoms. The van der Waals surface area contributed by atoms with Crippen LogP contribution in [0.3, 0.4) is 0 Å². The molecule has 1 aromatic heterocycles. The molecule has 6 heteroatoms. The average molecular weight is 292 g/mol. The Morgan fingerprint density at radius 1 is 1.26 bits per heavy atom. The van der Waals surface area contributed by atoms with E-state index in [0.717, 1.165) is 41.9 Å². The lowest BCUT2D eigenvalue weighted by Crippen LogP contribution is -2.48. The van der Waals surface area contributed by atoms with Gasteiger partial charge in [0.15, 0.2) is 10.2 Å². The van der Waals surface area contributed by atoms with Crippen molar-refractivity contribution < 1.29 is 0 Å². The summed E-state index contributed by atoms with van der Waals surface area (Å²) in [5.74, 6) is 0. The summed E-state index contributed by atoms with van der Waals surface area (Å²) in [6.07, 6.45) is 0. The van der Waals surface area contributed by atoms with Gasteiger partial charge in [0.25, 0.3) is 0 Å². The number of hydrogen-bond acceptors (Lipinski definition) is 4. The molecule has 1 saturated heterocycles. The van der Waals surface area contributed by atoms with E-state index < -0.39 is 0 Å². The van der Waals surface area contributed by atoms with Gasteiger partial charge in [0, 0.05) is 26.2 Å². The number of anilines is 1. The SMILES string of the molecule is CN1CCN(C(=S)Nc2nc3ccccc3s2)CC1. The molecular formula is C13H16N4S2. The first-order chi connectivity index (χ1) is 9.22. The third kappa shape index (κ3) is 2.86. The van der Waals surface area contributed by atoms with Crippen LogP contribution in [0.2, 0.25) is 0 Å². The maximum absolute atomic E-state index is 5.46. The molecule has 4 nitrogen and oxygen atoms in total. The first-order valence-corrected chi connectivity index (χ1v) is 7.55. The molecule has 2 heterocycles. The van der Waals surface area contributed by atoms with Crippen molar-refractivity contribution in [1.29, 1.82) is 0 Å². The molecule has 0 bridgehead atoms. The second-order valence-corrected chi connectivity index (χ2v) is 6.12. The summed E-state index contributed by atoms with van der Waals surface area (Å²) in [4.78, 5) is 9.07. The van der Waals surface area contributed by atoms with Gasteiger partial charge in [-0.2, -0.15) is 0 Å². The number of aromatic nitrogens is 1. The Kier molecular flexibility index (Phi) is 3.63. The highest BCUT2D eigenvalue weighted by molar-refractivity contribution is 7.80. The number of para-hydroxylation sites is 1. The van der Waals surface area contributed by atoms with E-state index in [-0.39, 0.29) is 0 Å². The zero-order chi connectivity index (χ0) is 13.2. The predicted molar refractivity (Wildman–Crippen MR) is 84.9 cm³/mol. The Balaban J connectivity index is 1.68. The topological polar surface area (TPSA) is 31.4 Å². The van der Waals surface area contributed by atoms with E-state index in [1.165, 1.54) is 4.70 Å². The number of benzene rings is 1. The van der Waals surface area contributed by atoms with Crippen LogP contribution in [0.5, 0.6) is 0 Å². The predicted octanol–water partition coefficient (Wildman–Crippen LogP) is 2.24. The molecular weight excluding hydrogens is 276 g/mol. The summed E-state index contributed by atoms with van der Waals surface area (Å²) in [6.45, 7) is 4.07. The number of nitrogens with zero attached hydrogens (tertiary/aromatic N) is 3. The van der Waals surface area contributed by atoms with E-state index in [9.17, 15) is 0 Å². The number of fused-ring (bicyclic) bond motifs is 1. The van der Waals surface area contributed by atoms with Crippen LogP contribution in [0.4, 0.5) is 5.13 Å². The number of rotatable bonds is 1. The normalized spacial score (nSPS) is 16.8. The fraction of sp³-hybridized carbons (Fsp3) is 0.385.